The SMILES string of the molecule is Cc1ccc(-n2ncc(-c3nc(=S)[nH][nH]3)c2C)cc1C. The van der Waals surface area contributed by atoms with E-state index in [-0.39, 0.29) is 0 Å². The molecule has 0 spiro atoms. The standard InChI is InChI=1S/C14H15N5S/c1-8-4-5-11(6-9(8)2)19-10(3)12(7-15-19)13-16-14(20)18-17-13/h4-7H,1-3H3,(H2,16,17,18,20). The van der Waals surface area contributed by atoms with Crippen LogP contribution in [0.4, 0.5) is 0 Å². The molecule has 0 aliphatic carbocycles. The lowest BCUT2D eigenvalue weighted by atomic mass is 10.1. The van der Waals surface area contributed by atoms with Crippen LogP contribution in [0.25, 0.3) is 17.1 Å². The Kier molecular flexibility index (Phi) is 3.02. The number of nitrogens with zero attached hydrogens (tertiary/aromatic N) is 3. The highest BCUT2D eigenvalue weighted by molar-refractivity contribution is 7.71. The Bertz CT molecular complexity index is 824. The summed E-state index contributed by atoms with van der Waals surface area (Å²) in [6.45, 7) is 6.22. The number of benzene rings is 1. The number of aromatic nitrogens is 5. The summed E-state index contributed by atoms with van der Waals surface area (Å²) in [7, 11) is 0. The van der Waals surface area contributed by atoms with Gasteiger partial charge in [0.15, 0.2) is 5.82 Å². The van der Waals surface area contributed by atoms with Crippen LogP contribution in [-0.4, -0.2) is 25.0 Å². The maximum Gasteiger partial charge on any atom is 0.213 e. The summed E-state index contributed by atoms with van der Waals surface area (Å²) >= 11 is 4.98. The minimum absolute atomic E-state index is 0.443. The minimum Gasteiger partial charge on any atom is -0.282 e. The number of aryl methyl sites for hydroxylation is 2. The van der Waals surface area contributed by atoms with Gasteiger partial charge < -0.3 is 0 Å². The molecule has 2 N–H and O–H groups in total. The Hall–Kier alpha value is -2.21. The molecule has 1 aromatic carbocycles. The second-order valence-corrected chi connectivity index (χ2v) is 5.23. The maximum atomic E-state index is 4.98. The quantitative estimate of drug-likeness (QED) is 0.710. The van der Waals surface area contributed by atoms with Gasteiger partial charge in [0.25, 0.3) is 0 Å². The van der Waals surface area contributed by atoms with Crippen molar-refractivity contribution in [3.05, 3.63) is 46.0 Å². The molecule has 3 aromatic rings. The summed E-state index contributed by atoms with van der Waals surface area (Å²) in [6.07, 6.45) is 1.80. The van der Waals surface area contributed by atoms with Crippen molar-refractivity contribution in [3.8, 4) is 17.1 Å². The molecule has 20 heavy (non-hydrogen) atoms. The van der Waals surface area contributed by atoms with Crippen LogP contribution in [0, 0.1) is 25.5 Å². The molecule has 0 unspecified atom stereocenters. The highest BCUT2D eigenvalue weighted by Crippen LogP contribution is 2.22. The van der Waals surface area contributed by atoms with Crippen molar-refractivity contribution in [2.24, 2.45) is 0 Å². The molecule has 0 amide bonds. The molecule has 0 saturated carbocycles. The van der Waals surface area contributed by atoms with E-state index in [1.54, 1.807) is 6.20 Å². The van der Waals surface area contributed by atoms with Crippen LogP contribution in [0.2, 0.25) is 0 Å². The summed E-state index contributed by atoms with van der Waals surface area (Å²) in [4.78, 5) is 4.23. The zero-order chi connectivity index (χ0) is 14.3. The van der Waals surface area contributed by atoms with Gasteiger partial charge in [0.1, 0.15) is 0 Å². The fraction of sp³-hybridized carbons (Fsp3) is 0.214. The van der Waals surface area contributed by atoms with E-state index in [0.717, 1.165) is 16.9 Å². The van der Waals surface area contributed by atoms with Gasteiger partial charge >= 0.3 is 0 Å². The molecule has 3 rings (SSSR count). The summed E-state index contributed by atoms with van der Waals surface area (Å²) in [5, 5.41) is 10.2. The summed E-state index contributed by atoms with van der Waals surface area (Å²) in [5.74, 6) is 0.711. The highest BCUT2D eigenvalue weighted by atomic mass is 32.1. The molecule has 5 nitrogen and oxygen atoms in total. The molecule has 0 aliphatic rings. The maximum absolute atomic E-state index is 4.98. The summed E-state index contributed by atoms with van der Waals surface area (Å²) in [5.41, 5.74) is 5.53. The number of nitrogens with one attached hydrogen (secondary N) is 2. The molecule has 2 aromatic heterocycles. The number of hydrogen-bond donors (Lipinski definition) is 2. The molecule has 0 aliphatic heterocycles. The number of aromatic amines is 2. The lowest BCUT2D eigenvalue weighted by Crippen LogP contribution is -2.00. The van der Waals surface area contributed by atoms with Gasteiger partial charge in [-0.25, -0.2) is 4.68 Å². The zero-order valence-corrected chi connectivity index (χ0v) is 12.4. The first kappa shape index (κ1) is 12.8. The van der Waals surface area contributed by atoms with Crippen LogP contribution < -0.4 is 0 Å². The van der Waals surface area contributed by atoms with E-state index < -0.39 is 0 Å². The molecule has 6 heteroatoms. The highest BCUT2D eigenvalue weighted by Gasteiger charge is 2.12. The van der Waals surface area contributed by atoms with Gasteiger partial charge in [-0.2, -0.15) is 10.1 Å². The second kappa shape index (κ2) is 4.72. The molecule has 0 fully saturated rings. The van der Waals surface area contributed by atoms with Crippen molar-refractivity contribution in [3.63, 3.8) is 0 Å². The van der Waals surface area contributed by atoms with E-state index in [0.29, 0.717) is 10.6 Å². The molecule has 102 valence electrons. The van der Waals surface area contributed by atoms with Crippen molar-refractivity contribution < 1.29 is 0 Å². The van der Waals surface area contributed by atoms with Gasteiger partial charge in [-0.3, -0.25) is 10.2 Å². The van der Waals surface area contributed by atoms with E-state index in [2.05, 4.69) is 52.3 Å². The van der Waals surface area contributed by atoms with Crippen LogP contribution in [0.15, 0.2) is 24.4 Å². The van der Waals surface area contributed by atoms with E-state index in [1.165, 1.54) is 11.1 Å². The largest absolute Gasteiger partial charge is 0.282 e. The van der Waals surface area contributed by atoms with Crippen LogP contribution in [0.5, 0.6) is 0 Å². The Labute approximate surface area is 121 Å². The Morgan fingerprint density at radius 1 is 1.10 bits per heavy atom. The Morgan fingerprint density at radius 2 is 1.90 bits per heavy atom. The normalized spacial score (nSPS) is 10.9. The fourth-order valence-electron chi connectivity index (χ4n) is 2.16. The van der Waals surface area contributed by atoms with Crippen molar-refractivity contribution in [2.75, 3.05) is 0 Å². The first-order valence-electron chi connectivity index (χ1n) is 6.33. The van der Waals surface area contributed by atoms with Gasteiger partial charge in [-0.15, -0.1) is 0 Å². The van der Waals surface area contributed by atoms with E-state index in [9.17, 15) is 0 Å². The van der Waals surface area contributed by atoms with Gasteiger partial charge in [-0.05, 0) is 56.2 Å². The predicted molar refractivity (Wildman–Crippen MR) is 80.5 cm³/mol. The summed E-state index contributed by atoms with van der Waals surface area (Å²) < 4.78 is 2.35. The fourth-order valence-corrected chi connectivity index (χ4v) is 2.30. The number of H-pyrrole nitrogens is 2. The third kappa shape index (κ3) is 2.08. The van der Waals surface area contributed by atoms with Crippen molar-refractivity contribution >= 4 is 12.2 Å². The molecule has 0 bridgehead atoms. The second-order valence-electron chi connectivity index (χ2n) is 4.84. The van der Waals surface area contributed by atoms with Gasteiger partial charge in [-0.1, -0.05) is 6.07 Å². The minimum atomic E-state index is 0.443. The van der Waals surface area contributed by atoms with Crippen molar-refractivity contribution in [2.45, 2.75) is 20.8 Å². The molecule has 2 heterocycles. The van der Waals surface area contributed by atoms with Gasteiger partial charge in [0.2, 0.25) is 4.77 Å². The lowest BCUT2D eigenvalue weighted by Gasteiger charge is -2.07. The van der Waals surface area contributed by atoms with Gasteiger partial charge in [0.05, 0.1) is 23.1 Å². The smallest absolute Gasteiger partial charge is 0.213 e. The molecule has 0 saturated heterocycles. The first-order valence-corrected chi connectivity index (χ1v) is 6.74. The average Bonchev–Trinajstić information content (AvgIpc) is 2.99. The lowest BCUT2D eigenvalue weighted by molar-refractivity contribution is 0.845. The van der Waals surface area contributed by atoms with E-state index >= 15 is 0 Å². The molecule has 0 atom stereocenters. The topological polar surface area (TPSA) is 62.3 Å². The summed E-state index contributed by atoms with van der Waals surface area (Å²) in [6, 6.07) is 6.30. The average molecular weight is 285 g/mol. The van der Waals surface area contributed by atoms with Crippen molar-refractivity contribution in [1.82, 2.24) is 25.0 Å². The predicted octanol–water partition coefficient (Wildman–Crippen LogP) is 3.25. The van der Waals surface area contributed by atoms with Gasteiger partial charge in [0, 0.05) is 0 Å². The number of rotatable bonds is 2. The van der Waals surface area contributed by atoms with Crippen LogP contribution >= 0.6 is 12.2 Å². The van der Waals surface area contributed by atoms with Crippen LogP contribution in [-0.2, 0) is 0 Å². The van der Waals surface area contributed by atoms with Crippen molar-refractivity contribution in [1.29, 1.82) is 0 Å². The first-order chi connectivity index (χ1) is 9.56. The monoisotopic (exact) mass is 285 g/mol. The third-order valence-electron chi connectivity index (χ3n) is 3.50. The van der Waals surface area contributed by atoms with Crippen LogP contribution in [0.3, 0.4) is 0 Å². The number of hydrogen-bond acceptors (Lipinski definition) is 3. The zero-order valence-electron chi connectivity index (χ0n) is 11.6. The third-order valence-corrected chi connectivity index (χ3v) is 3.69. The molecular weight excluding hydrogens is 270 g/mol. The Morgan fingerprint density at radius 3 is 2.55 bits per heavy atom. The Balaban J connectivity index is 2.10. The van der Waals surface area contributed by atoms with E-state index in [1.807, 2.05) is 11.6 Å². The van der Waals surface area contributed by atoms with Crippen LogP contribution in [0.1, 0.15) is 16.8 Å². The van der Waals surface area contributed by atoms with E-state index in [4.69, 9.17) is 12.2 Å². The molecule has 0 radical (unpaired) electrons. The molecular formula is C14H15N5S.